The minimum absolute atomic E-state index is 0.523. The highest BCUT2D eigenvalue weighted by Crippen LogP contribution is 2.17. The second-order valence-electron chi connectivity index (χ2n) is 2.15. The van der Waals surface area contributed by atoms with Gasteiger partial charge in [-0.05, 0) is 0 Å². The van der Waals surface area contributed by atoms with Crippen LogP contribution in [0.4, 0.5) is 0 Å². The van der Waals surface area contributed by atoms with Crippen molar-refractivity contribution in [3.8, 4) is 0 Å². The van der Waals surface area contributed by atoms with Crippen LogP contribution in [-0.4, -0.2) is 32.0 Å². The minimum Gasteiger partial charge on any atom is -0.508 e. The summed E-state index contributed by atoms with van der Waals surface area (Å²) in [6.07, 6.45) is 1.25. The molecule has 0 atom stereocenters. The van der Waals surface area contributed by atoms with Crippen LogP contribution in [0.1, 0.15) is 0 Å². The first-order valence-corrected chi connectivity index (χ1v) is 2.75. The molecule has 0 aromatic heterocycles. The summed E-state index contributed by atoms with van der Waals surface area (Å²) in [5.41, 5.74) is 0. The van der Waals surface area contributed by atoms with E-state index < -0.39 is 23.1 Å². The summed E-state index contributed by atoms with van der Waals surface area (Å²) in [6, 6.07) is 0. The number of hydrogen-bond donors (Lipinski definition) is 4. The van der Waals surface area contributed by atoms with Crippen molar-refractivity contribution >= 4 is 5.78 Å². The fourth-order valence-electron chi connectivity index (χ4n) is 0.708. The third kappa shape index (κ3) is 1.24. The van der Waals surface area contributed by atoms with Gasteiger partial charge in [-0.3, -0.25) is 4.79 Å². The maximum Gasteiger partial charge on any atom is 0.260 e. The number of allylic oxidation sites excluding steroid dienone is 1. The van der Waals surface area contributed by atoms with E-state index in [4.69, 9.17) is 20.4 Å². The highest BCUT2D eigenvalue weighted by molar-refractivity contribution is 6.01. The molecule has 5 heteroatoms. The van der Waals surface area contributed by atoms with Crippen LogP contribution in [0, 0.1) is 0 Å². The maximum absolute atomic E-state index is 10.6. The summed E-state index contributed by atoms with van der Waals surface area (Å²) in [5.74, 6) is -5.49. The van der Waals surface area contributed by atoms with Crippen molar-refractivity contribution in [3.05, 3.63) is 23.7 Å². The van der Waals surface area contributed by atoms with Gasteiger partial charge in [0.25, 0.3) is 11.6 Å². The molecular formula is C6H6O5. The second kappa shape index (κ2) is 2.08. The number of aliphatic hydroxyl groups excluding tert-OH is 2. The number of carbonyl (C=O) groups is 1. The quantitative estimate of drug-likeness (QED) is 0.344. The lowest BCUT2D eigenvalue weighted by atomic mass is 10.0. The first-order chi connectivity index (χ1) is 4.93. The van der Waals surface area contributed by atoms with Gasteiger partial charge in [-0.25, -0.2) is 0 Å². The Labute approximate surface area is 61.5 Å². The van der Waals surface area contributed by atoms with Crippen molar-refractivity contribution in [3.63, 3.8) is 0 Å². The molecule has 0 radical (unpaired) electrons. The third-order valence-electron chi connectivity index (χ3n) is 1.20. The molecule has 0 saturated heterocycles. The Morgan fingerprint density at radius 1 is 1.27 bits per heavy atom. The molecular weight excluding hydrogens is 152 g/mol. The van der Waals surface area contributed by atoms with E-state index in [1.54, 1.807) is 0 Å². The predicted octanol–water partition coefficient (Wildman–Crippen LogP) is -0.866. The first kappa shape index (κ1) is 7.77. The predicted molar refractivity (Wildman–Crippen MR) is 33.6 cm³/mol. The van der Waals surface area contributed by atoms with Crippen molar-refractivity contribution in [1.82, 2.24) is 0 Å². The van der Waals surface area contributed by atoms with Gasteiger partial charge in [-0.15, -0.1) is 0 Å². The largest absolute Gasteiger partial charge is 0.508 e. The van der Waals surface area contributed by atoms with Crippen LogP contribution in [-0.2, 0) is 4.79 Å². The van der Waals surface area contributed by atoms with Crippen LogP contribution < -0.4 is 0 Å². The van der Waals surface area contributed by atoms with Crippen molar-refractivity contribution in [2.75, 3.05) is 0 Å². The molecule has 0 unspecified atom stereocenters. The molecule has 1 aliphatic rings. The van der Waals surface area contributed by atoms with E-state index in [1.807, 2.05) is 0 Å². The van der Waals surface area contributed by atoms with Gasteiger partial charge in [0.05, 0.1) is 0 Å². The van der Waals surface area contributed by atoms with E-state index in [0.29, 0.717) is 6.08 Å². The minimum atomic E-state index is -2.79. The SMILES string of the molecule is O=C1C(O)=CC(O)=CC1(O)O. The number of aliphatic hydroxyl groups is 4. The molecule has 0 aliphatic heterocycles. The number of ketones is 1. The van der Waals surface area contributed by atoms with Gasteiger partial charge in [0.2, 0.25) is 0 Å². The molecule has 0 heterocycles. The summed E-state index contributed by atoms with van der Waals surface area (Å²) in [7, 11) is 0. The lowest BCUT2D eigenvalue weighted by molar-refractivity contribution is -0.165. The lowest BCUT2D eigenvalue weighted by Gasteiger charge is -2.18. The van der Waals surface area contributed by atoms with Gasteiger partial charge < -0.3 is 20.4 Å². The molecule has 4 N–H and O–H groups in total. The number of rotatable bonds is 0. The van der Waals surface area contributed by atoms with Crippen LogP contribution in [0.2, 0.25) is 0 Å². The average Bonchev–Trinajstić information content (AvgIpc) is 1.81. The fraction of sp³-hybridized carbons (Fsp3) is 0.167. The molecule has 0 saturated carbocycles. The molecule has 0 aromatic rings. The van der Waals surface area contributed by atoms with Gasteiger partial charge in [0.1, 0.15) is 5.76 Å². The van der Waals surface area contributed by atoms with E-state index in [1.165, 1.54) is 0 Å². The maximum atomic E-state index is 10.6. The number of hydrogen-bond acceptors (Lipinski definition) is 5. The lowest BCUT2D eigenvalue weighted by Crippen LogP contribution is -2.39. The number of carbonyl (C=O) groups excluding carboxylic acids is 1. The van der Waals surface area contributed by atoms with Gasteiger partial charge >= 0.3 is 0 Å². The van der Waals surface area contributed by atoms with E-state index in [-0.39, 0.29) is 0 Å². The summed E-state index contributed by atoms with van der Waals surface area (Å²) in [4.78, 5) is 10.6. The zero-order valence-corrected chi connectivity index (χ0v) is 5.35. The molecule has 0 fully saturated rings. The Morgan fingerprint density at radius 2 is 1.82 bits per heavy atom. The average molecular weight is 158 g/mol. The smallest absolute Gasteiger partial charge is 0.260 e. The Kier molecular flexibility index (Phi) is 1.47. The molecule has 1 rings (SSSR count). The molecule has 0 amide bonds. The van der Waals surface area contributed by atoms with E-state index in [2.05, 4.69) is 0 Å². The molecule has 0 aromatic carbocycles. The van der Waals surface area contributed by atoms with Crippen LogP contribution in [0.3, 0.4) is 0 Å². The molecule has 60 valence electrons. The zero-order chi connectivity index (χ0) is 8.65. The Balaban J connectivity index is 3.11. The third-order valence-corrected chi connectivity index (χ3v) is 1.20. The number of Topliss-reactive ketones (excluding diaryl/α,β-unsaturated/α-hetero) is 1. The Hall–Kier alpha value is -1.33. The molecule has 0 bridgehead atoms. The fourth-order valence-corrected chi connectivity index (χ4v) is 0.708. The Bertz CT molecular complexity index is 260. The van der Waals surface area contributed by atoms with Gasteiger partial charge in [0.15, 0.2) is 5.76 Å². The molecule has 1 aliphatic carbocycles. The molecule has 11 heavy (non-hydrogen) atoms. The molecule has 0 spiro atoms. The standard InChI is InChI=1S/C6H6O5/c7-3-1-4(8)5(9)6(10,11)2-3/h1-2,7-8,10-11H. The van der Waals surface area contributed by atoms with Gasteiger partial charge in [-0.1, -0.05) is 0 Å². The van der Waals surface area contributed by atoms with Crippen LogP contribution in [0.5, 0.6) is 0 Å². The van der Waals surface area contributed by atoms with Crippen LogP contribution in [0.25, 0.3) is 0 Å². The normalized spacial score (nSPS) is 22.5. The summed E-state index contributed by atoms with van der Waals surface area (Å²) >= 11 is 0. The topological polar surface area (TPSA) is 98.0 Å². The van der Waals surface area contributed by atoms with Crippen molar-refractivity contribution in [1.29, 1.82) is 0 Å². The first-order valence-electron chi connectivity index (χ1n) is 2.75. The zero-order valence-electron chi connectivity index (χ0n) is 5.35. The van der Waals surface area contributed by atoms with Crippen molar-refractivity contribution in [2.24, 2.45) is 0 Å². The summed E-state index contributed by atoms with van der Waals surface area (Å²) < 4.78 is 0. The van der Waals surface area contributed by atoms with Crippen molar-refractivity contribution < 1.29 is 25.2 Å². The van der Waals surface area contributed by atoms with E-state index in [9.17, 15) is 4.79 Å². The van der Waals surface area contributed by atoms with Gasteiger partial charge in [-0.2, -0.15) is 0 Å². The van der Waals surface area contributed by atoms with Crippen LogP contribution in [0.15, 0.2) is 23.7 Å². The van der Waals surface area contributed by atoms with Crippen molar-refractivity contribution in [2.45, 2.75) is 5.79 Å². The van der Waals surface area contributed by atoms with Gasteiger partial charge in [0, 0.05) is 12.2 Å². The highest BCUT2D eigenvalue weighted by atomic mass is 16.5. The molecule has 5 nitrogen and oxygen atoms in total. The second-order valence-corrected chi connectivity index (χ2v) is 2.15. The van der Waals surface area contributed by atoms with E-state index in [0.717, 1.165) is 6.08 Å². The monoisotopic (exact) mass is 158 g/mol. The van der Waals surface area contributed by atoms with Crippen LogP contribution >= 0.6 is 0 Å². The highest BCUT2D eigenvalue weighted by Gasteiger charge is 2.37. The summed E-state index contributed by atoms with van der Waals surface area (Å²) in [6.45, 7) is 0. The Morgan fingerprint density at radius 3 is 2.27 bits per heavy atom. The van der Waals surface area contributed by atoms with E-state index >= 15 is 0 Å². The summed E-state index contributed by atoms with van der Waals surface area (Å²) in [5, 5.41) is 34.9.